The predicted molar refractivity (Wildman–Crippen MR) is 143 cm³/mol. The van der Waals surface area contributed by atoms with E-state index < -0.39 is 0 Å². The minimum absolute atomic E-state index is 0.0223. The number of fused-ring (bicyclic) bond motifs is 3. The first-order valence-electron chi connectivity index (χ1n) is 13.1. The second-order valence-corrected chi connectivity index (χ2v) is 10.2. The lowest BCUT2D eigenvalue weighted by molar-refractivity contribution is 0.334. The Hall–Kier alpha value is -3.25. The third kappa shape index (κ3) is 4.00. The molecule has 1 fully saturated rings. The quantitative estimate of drug-likeness (QED) is 0.610. The van der Waals surface area contributed by atoms with Crippen molar-refractivity contribution in [3.05, 3.63) is 77.2 Å². The zero-order valence-corrected chi connectivity index (χ0v) is 20.5. The average molecular weight is 467 g/mol. The van der Waals surface area contributed by atoms with Gasteiger partial charge >= 0.3 is 0 Å². The average Bonchev–Trinajstić information content (AvgIpc) is 3.32. The standard InChI is InChI=1S/C29H34N6/c1-2-31-28-34-33-27-24-19-23(20-9-5-3-6-10-20)26(32-25(24)15-18-35(27)28)21-11-13-22(14-12-21)29(30)16-7-4-8-17-29/h3,5-6,9-11,13,15,18-19,24-25H,2,4,7-8,12,14,16-17,30H2,1H3,(H,31,34). The number of hydrogen-bond acceptors (Lipinski definition) is 5. The maximum atomic E-state index is 6.86. The summed E-state index contributed by atoms with van der Waals surface area (Å²) in [5, 5.41) is 12.2. The van der Waals surface area contributed by atoms with Crippen LogP contribution in [0.3, 0.4) is 0 Å². The highest BCUT2D eigenvalue weighted by atomic mass is 15.4. The molecule has 180 valence electrons. The third-order valence-corrected chi connectivity index (χ3v) is 7.96. The van der Waals surface area contributed by atoms with E-state index in [-0.39, 0.29) is 17.5 Å². The summed E-state index contributed by atoms with van der Waals surface area (Å²) < 4.78 is 2.06. The Kier molecular flexibility index (Phi) is 5.77. The van der Waals surface area contributed by atoms with E-state index in [2.05, 4.69) is 87.8 Å². The van der Waals surface area contributed by atoms with Crippen molar-refractivity contribution >= 4 is 23.4 Å². The largest absolute Gasteiger partial charge is 0.354 e. The van der Waals surface area contributed by atoms with Crippen LogP contribution in [0.4, 0.5) is 5.95 Å². The summed E-state index contributed by atoms with van der Waals surface area (Å²) in [6.07, 6.45) is 19.2. The Bertz CT molecular complexity index is 1250. The van der Waals surface area contributed by atoms with Crippen LogP contribution >= 0.6 is 0 Å². The zero-order chi connectivity index (χ0) is 23.8. The van der Waals surface area contributed by atoms with Gasteiger partial charge in [0, 0.05) is 23.9 Å². The lowest BCUT2D eigenvalue weighted by atomic mass is 9.73. The molecule has 6 heteroatoms. The molecule has 1 aromatic heterocycles. The minimum atomic E-state index is -0.113. The molecule has 0 bridgehead atoms. The summed E-state index contributed by atoms with van der Waals surface area (Å²) in [7, 11) is 0. The molecule has 2 aromatic rings. The number of nitrogens with zero attached hydrogens (tertiary/aromatic N) is 4. The minimum Gasteiger partial charge on any atom is -0.354 e. The Labute approximate surface area is 207 Å². The van der Waals surface area contributed by atoms with E-state index in [1.165, 1.54) is 41.5 Å². The Morgan fingerprint density at radius 3 is 2.63 bits per heavy atom. The molecule has 2 atom stereocenters. The van der Waals surface area contributed by atoms with Gasteiger partial charge in [0.15, 0.2) is 0 Å². The normalized spacial score (nSPS) is 25.0. The summed E-state index contributed by atoms with van der Waals surface area (Å²) in [4.78, 5) is 5.33. The van der Waals surface area contributed by atoms with Gasteiger partial charge in [-0.25, -0.2) is 0 Å². The Balaban J connectivity index is 1.38. The topological polar surface area (TPSA) is 81.1 Å². The van der Waals surface area contributed by atoms with Crippen LogP contribution in [-0.4, -0.2) is 38.6 Å². The van der Waals surface area contributed by atoms with Gasteiger partial charge in [0.2, 0.25) is 5.95 Å². The van der Waals surface area contributed by atoms with Crippen molar-refractivity contribution in [1.82, 2.24) is 14.8 Å². The molecule has 0 radical (unpaired) electrons. The fraction of sp³-hybridized carbons (Fsp3) is 0.414. The van der Waals surface area contributed by atoms with Crippen molar-refractivity contribution in [3.63, 3.8) is 0 Å². The maximum absolute atomic E-state index is 6.86. The van der Waals surface area contributed by atoms with Crippen LogP contribution in [0.5, 0.6) is 0 Å². The van der Waals surface area contributed by atoms with Crippen molar-refractivity contribution in [3.8, 4) is 0 Å². The van der Waals surface area contributed by atoms with Crippen molar-refractivity contribution < 1.29 is 0 Å². The van der Waals surface area contributed by atoms with Crippen LogP contribution in [0.2, 0.25) is 0 Å². The zero-order valence-electron chi connectivity index (χ0n) is 20.5. The summed E-state index contributed by atoms with van der Waals surface area (Å²) in [6.45, 7) is 2.88. The highest BCUT2D eigenvalue weighted by Crippen LogP contribution is 2.41. The first kappa shape index (κ1) is 22.2. The van der Waals surface area contributed by atoms with E-state index >= 15 is 0 Å². The molecule has 0 saturated heterocycles. The first-order valence-corrected chi connectivity index (χ1v) is 13.1. The van der Waals surface area contributed by atoms with Gasteiger partial charge in [0.1, 0.15) is 5.82 Å². The monoisotopic (exact) mass is 466 g/mol. The summed E-state index contributed by atoms with van der Waals surface area (Å²) in [6, 6.07) is 10.6. The molecular weight excluding hydrogens is 432 g/mol. The lowest BCUT2D eigenvalue weighted by Crippen LogP contribution is -2.44. The molecule has 4 aliphatic rings. The van der Waals surface area contributed by atoms with E-state index in [4.69, 9.17) is 10.7 Å². The number of nitrogens with one attached hydrogen (secondary N) is 1. The number of aromatic nitrogens is 3. The van der Waals surface area contributed by atoms with Crippen molar-refractivity contribution in [2.45, 2.75) is 69.4 Å². The molecule has 2 unspecified atom stereocenters. The smallest absolute Gasteiger partial charge is 0.228 e. The molecule has 3 N–H and O–H groups in total. The third-order valence-electron chi connectivity index (χ3n) is 7.96. The highest BCUT2D eigenvalue weighted by molar-refractivity contribution is 6.32. The molecule has 6 nitrogen and oxygen atoms in total. The number of anilines is 1. The molecule has 6 rings (SSSR count). The van der Waals surface area contributed by atoms with Gasteiger partial charge < -0.3 is 11.1 Å². The van der Waals surface area contributed by atoms with Gasteiger partial charge in [-0.3, -0.25) is 9.56 Å². The SMILES string of the molecule is CCNc1nnc2n1C=CC1N=C(C3=CC=C(C4(N)CCCCC4)CC3)C(c3ccccc3)=CC21. The van der Waals surface area contributed by atoms with Gasteiger partial charge in [-0.15, -0.1) is 10.2 Å². The second-order valence-electron chi connectivity index (χ2n) is 10.2. The number of aliphatic imine (C=N–C) groups is 1. The van der Waals surface area contributed by atoms with Crippen LogP contribution in [0.25, 0.3) is 11.8 Å². The van der Waals surface area contributed by atoms with Crippen molar-refractivity contribution in [2.75, 3.05) is 11.9 Å². The van der Waals surface area contributed by atoms with Crippen LogP contribution < -0.4 is 11.1 Å². The van der Waals surface area contributed by atoms with Crippen LogP contribution in [0.15, 0.2) is 70.8 Å². The van der Waals surface area contributed by atoms with Gasteiger partial charge in [-0.1, -0.05) is 73.4 Å². The van der Waals surface area contributed by atoms with Gasteiger partial charge in [-0.05, 0) is 49.8 Å². The Morgan fingerprint density at radius 2 is 1.89 bits per heavy atom. The number of benzene rings is 1. The molecule has 2 aliphatic carbocycles. The maximum Gasteiger partial charge on any atom is 0.228 e. The van der Waals surface area contributed by atoms with Crippen LogP contribution in [0.1, 0.15) is 69.2 Å². The number of dihydropyridines is 1. The molecule has 0 amide bonds. The molecule has 0 spiro atoms. The number of allylic oxidation sites excluding steroid dienone is 4. The van der Waals surface area contributed by atoms with Crippen LogP contribution in [0, 0.1) is 0 Å². The Morgan fingerprint density at radius 1 is 1.06 bits per heavy atom. The molecule has 3 heterocycles. The molecule has 2 aliphatic heterocycles. The highest BCUT2D eigenvalue weighted by Gasteiger charge is 2.36. The molecule has 1 saturated carbocycles. The van der Waals surface area contributed by atoms with Gasteiger partial charge in [-0.2, -0.15) is 0 Å². The van der Waals surface area contributed by atoms with E-state index in [1.807, 2.05) is 0 Å². The van der Waals surface area contributed by atoms with Crippen molar-refractivity contribution in [2.24, 2.45) is 10.7 Å². The fourth-order valence-electron chi connectivity index (χ4n) is 6.04. The van der Waals surface area contributed by atoms with Gasteiger partial charge in [0.25, 0.3) is 0 Å². The first-order chi connectivity index (χ1) is 17.2. The predicted octanol–water partition coefficient (Wildman–Crippen LogP) is 5.49. The molecule has 35 heavy (non-hydrogen) atoms. The van der Waals surface area contributed by atoms with E-state index in [0.717, 1.165) is 49.7 Å². The number of nitrogens with two attached hydrogens (primary N) is 1. The molecule has 1 aromatic carbocycles. The van der Waals surface area contributed by atoms with Gasteiger partial charge in [0.05, 0.1) is 17.7 Å². The van der Waals surface area contributed by atoms with Crippen LogP contribution in [-0.2, 0) is 0 Å². The second kappa shape index (κ2) is 9.08. The lowest BCUT2D eigenvalue weighted by Gasteiger charge is -2.37. The fourth-order valence-corrected chi connectivity index (χ4v) is 6.04. The van der Waals surface area contributed by atoms with E-state index in [0.29, 0.717) is 0 Å². The summed E-state index contributed by atoms with van der Waals surface area (Å²) in [5.74, 6) is 1.78. The summed E-state index contributed by atoms with van der Waals surface area (Å²) in [5.41, 5.74) is 12.9. The number of rotatable bonds is 5. The van der Waals surface area contributed by atoms with E-state index in [9.17, 15) is 0 Å². The number of hydrogen-bond donors (Lipinski definition) is 2. The van der Waals surface area contributed by atoms with Crippen molar-refractivity contribution in [1.29, 1.82) is 0 Å². The molecular formula is C29H34N6. The summed E-state index contributed by atoms with van der Waals surface area (Å²) >= 11 is 0. The van der Waals surface area contributed by atoms with E-state index in [1.54, 1.807) is 0 Å².